The molecule has 1 atom stereocenters. The lowest BCUT2D eigenvalue weighted by molar-refractivity contribution is -0.142. The fourth-order valence-electron chi connectivity index (χ4n) is 3.24. The van der Waals surface area contributed by atoms with Gasteiger partial charge in [-0.3, -0.25) is 9.69 Å². The van der Waals surface area contributed by atoms with Crippen LogP contribution < -0.4 is 10.7 Å². The standard InChI is InChI=1S/C20H24N4O2/c1-15(20(25)26)23-10-12-24(13-11-23)19-8-6-18(7-9-19)17-4-2-16(3-5-17)14-22-21/h2-9,14-15H,10-13,21H2,1H3,(H,25,26). The minimum atomic E-state index is -0.758. The molecule has 2 aromatic rings. The van der Waals surface area contributed by atoms with Gasteiger partial charge in [-0.25, -0.2) is 0 Å². The highest BCUT2D eigenvalue weighted by atomic mass is 16.4. The monoisotopic (exact) mass is 352 g/mol. The van der Waals surface area contributed by atoms with Crippen LogP contribution in [0.2, 0.25) is 0 Å². The summed E-state index contributed by atoms with van der Waals surface area (Å²) in [5, 5.41) is 12.7. The van der Waals surface area contributed by atoms with E-state index in [2.05, 4.69) is 46.4 Å². The molecule has 3 N–H and O–H groups in total. The molecule has 2 aromatic carbocycles. The summed E-state index contributed by atoms with van der Waals surface area (Å²) in [7, 11) is 0. The van der Waals surface area contributed by atoms with Crippen molar-refractivity contribution in [1.82, 2.24) is 4.90 Å². The number of aliphatic carboxylic acids is 1. The number of nitrogens with two attached hydrogens (primary N) is 1. The molecule has 0 spiro atoms. The summed E-state index contributed by atoms with van der Waals surface area (Å²) in [6.07, 6.45) is 1.62. The Balaban J connectivity index is 1.64. The van der Waals surface area contributed by atoms with E-state index in [0.29, 0.717) is 0 Å². The summed E-state index contributed by atoms with van der Waals surface area (Å²) in [6, 6.07) is 16.1. The molecule has 26 heavy (non-hydrogen) atoms. The van der Waals surface area contributed by atoms with Crippen LogP contribution in [-0.4, -0.2) is 54.4 Å². The number of hydrazone groups is 1. The summed E-state index contributed by atoms with van der Waals surface area (Å²) in [4.78, 5) is 15.4. The summed E-state index contributed by atoms with van der Waals surface area (Å²) in [6.45, 7) is 4.95. The number of carbonyl (C=O) groups is 1. The number of hydrogen-bond donors (Lipinski definition) is 2. The first-order valence-electron chi connectivity index (χ1n) is 8.74. The van der Waals surface area contributed by atoms with Crippen molar-refractivity contribution < 1.29 is 9.90 Å². The first-order valence-corrected chi connectivity index (χ1v) is 8.74. The lowest BCUT2D eigenvalue weighted by Gasteiger charge is -2.37. The molecule has 0 aromatic heterocycles. The van der Waals surface area contributed by atoms with Crippen LogP contribution in [0.3, 0.4) is 0 Å². The van der Waals surface area contributed by atoms with Crippen LogP contribution >= 0.6 is 0 Å². The molecule has 0 aliphatic carbocycles. The van der Waals surface area contributed by atoms with Crippen molar-refractivity contribution in [3.63, 3.8) is 0 Å². The molecule has 0 bridgehead atoms. The zero-order valence-corrected chi connectivity index (χ0v) is 14.9. The van der Waals surface area contributed by atoms with E-state index in [-0.39, 0.29) is 0 Å². The topological polar surface area (TPSA) is 82.2 Å². The number of benzene rings is 2. The first kappa shape index (κ1) is 17.9. The Morgan fingerprint density at radius 2 is 1.58 bits per heavy atom. The number of carboxylic acids is 1. The van der Waals surface area contributed by atoms with E-state index < -0.39 is 12.0 Å². The van der Waals surface area contributed by atoms with E-state index in [1.165, 1.54) is 5.69 Å². The summed E-state index contributed by atoms with van der Waals surface area (Å²) >= 11 is 0. The van der Waals surface area contributed by atoms with Crippen LogP contribution in [0.25, 0.3) is 11.1 Å². The van der Waals surface area contributed by atoms with Gasteiger partial charge in [-0.2, -0.15) is 5.10 Å². The molecular formula is C20H24N4O2. The molecule has 136 valence electrons. The van der Waals surface area contributed by atoms with Gasteiger partial charge in [-0.15, -0.1) is 0 Å². The van der Waals surface area contributed by atoms with Crippen LogP contribution in [0.1, 0.15) is 12.5 Å². The molecule has 1 aliphatic heterocycles. The number of piperazine rings is 1. The van der Waals surface area contributed by atoms with Gasteiger partial charge in [0.05, 0.1) is 6.21 Å². The van der Waals surface area contributed by atoms with Gasteiger partial charge in [0.25, 0.3) is 0 Å². The lowest BCUT2D eigenvalue weighted by Crippen LogP contribution is -2.51. The minimum Gasteiger partial charge on any atom is -0.480 e. The number of anilines is 1. The van der Waals surface area contributed by atoms with Crippen molar-refractivity contribution in [2.75, 3.05) is 31.1 Å². The second-order valence-electron chi connectivity index (χ2n) is 6.48. The Morgan fingerprint density at radius 3 is 2.08 bits per heavy atom. The predicted octanol–water partition coefficient (Wildman–Crippen LogP) is 2.24. The van der Waals surface area contributed by atoms with Crippen LogP contribution in [0, 0.1) is 0 Å². The Hall–Kier alpha value is -2.86. The van der Waals surface area contributed by atoms with Crippen LogP contribution in [0.4, 0.5) is 5.69 Å². The van der Waals surface area contributed by atoms with Gasteiger partial charge >= 0.3 is 5.97 Å². The van der Waals surface area contributed by atoms with Crippen molar-refractivity contribution in [3.05, 3.63) is 54.1 Å². The highest BCUT2D eigenvalue weighted by molar-refractivity contribution is 5.80. The average Bonchev–Trinajstić information content (AvgIpc) is 2.68. The highest BCUT2D eigenvalue weighted by Gasteiger charge is 2.25. The van der Waals surface area contributed by atoms with Gasteiger partial charge in [0.15, 0.2) is 0 Å². The molecule has 1 heterocycles. The Morgan fingerprint density at radius 1 is 1.04 bits per heavy atom. The maximum Gasteiger partial charge on any atom is 0.320 e. The van der Waals surface area contributed by atoms with Crippen LogP contribution in [0.15, 0.2) is 53.6 Å². The zero-order valence-electron chi connectivity index (χ0n) is 14.9. The van der Waals surface area contributed by atoms with Crippen molar-refractivity contribution in [3.8, 4) is 11.1 Å². The molecule has 6 nitrogen and oxygen atoms in total. The third-order valence-electron chi connectivity index (χ3n) is 4.92. The molecule has 1 unspecified atom stereocenters. The Bertz CT molecular complexity index is 763. The molecule has 1 saturated heterocycles. The molecule has 0 amide bonds. The zero-order chi connectivity index (χ0) is 18.5. The van der Waals surface area contributed by atoms with Gasteiger partial charge in [0, 0.05) is 31.9 Å². The molecule has 1 fully saturated rings. The number of carboxylic acid groups (broad SMARTS) is 1. The molecule has 6 heteroatoms. The van der Waals surface area contributed by atoms with Gasteiger partial charge in [-0.1, -0.05) is 36.4 Å². The molecule has 3 rings (SSSR count). The van der Waals surface area contributed by atoms with E-state index in [4.69, 9.17) is 10.9 Å². The van der Waals surface area contributed by atoms with Crippen LogP contribution in [0.5, 0.6) is 0 Å². The largest absolute Gasteiger partial charge is 0.480 e. The predicted molar refractivity (Wildman–Crippen MR) is 105 cm³/mol. The second-order valence-corrected chi connectivity index (χ2v) is 6.48. The molecular weight excluding hydrogens is 328 g/mol. The van der Waals surface area contributed by atoms with Gasteiger partial charge < -0.3 is 15.8 Å². The second kappa shape index (κ2) is 8.01. The highest BCUT2D eigenvalue weighted by Crippen LogP contribution is 2.24. The van der Waals surface area contributed by atoms with E-state index in [9.17, 15) is 4.79 Å². The Kier molecular flexibility index (Phi) is 5.53. The van der Waals surface area contributed by atoms with E-state index in [1.54, 1.807) is 13.1 Å². The Labute approximate surface area is 153 Å². The molecule has 0 saturated carbocycles. The van der Waals surface area contributed by atoms with Gasteiger partial charge in [0.2, 0.25) is 0 Å². The molecule has 0 radical (unpaired) electrons. The number of hydrogen-bond acceptors (Lipinski definition) is 5. The van der Waals surface area contributed by atoms with E-state index in [0.717, 1.165) is 42.9 Å². The smallest absolute Gasteiger partial charge is 0.320 e. The van der Waals surface area contributed by atoms with Gasteiger partial charge in [0.1, 0.15) is 6.04 Å². The summed E-state index contributed by atoms with van der Waals surface area (Å²) in [5.74, 6) is 4.41. The molecule has 1 aliphatic rings. The van der Waals surface area contributed by atoms with E-state index >= 15 is 0 Å². The summed E-state index contributed by atoms with van der Waals surface area (Å²) < 4.78 is 0. The fourth-order valence-corrected chi connectivity index (χ4v) is 3.24. The number of rotatable bonds is 5. The maximum atomic E-state index is 11.1. The first-order chi connectivity index (χ1) is 12.6. The van der Waals surface area contributed by atoms with Crippen molar-refractivity contribution in [1.29, 1.82) is 0 Å². The third kappa shape index (κ3) is 4.03. The minimum absolute atomic E-state index is 0.424. The normalized spacial score (nSPS) is 16.7. The van der Waals surface area contributed by atoms with Crippen molar-refractivity contribution in [2.45, 2.75) is 13.0 Å². The van der Waals surface area contributed by atoms with Crippen molar-refractivity contribution in [2.24, 2.45) is 10.9 Å². The van der Waals surface area contributed by atoms with Crippen molar-refractivity contribution >= 4 is 17.9 Å². The third-order valence-corrected chi connectivity index (χ3v) is 4.92. The van der Waals surface area contributed by atoms with Crippen LogP contribution in [-0.2, 0) is 4.79 Å². The number of nitrogens with zero attached hydrogens (tertiary/aromatic N) is 3. The average molecular weight is 352 g/mol. The fraction of sp³-hybridized carbons (Fsp3) is 0.300. The van der Waals surface area contributed by atoms with Gasteiger partial charge in [-0.05, 0) is 35.7 Å². The SMILES string of the molecule is CC(C(=O)O)N1CCN(c2ccc(-c3ccc(C=NN)cc3)cc2)CC1. The summed E-state index contributed by atoms with van der Waals surface area (Å²) in [5.41, 5.74) is 4.44. The maximum absolute atomic E-state index is 11.1. The lowest BCUT2D eigenvalue weighted by atomic mass is 10.0. The quantitative estimate of drug-likeness (QED) is 0.490. The van der Waals surface area contributed by atoms with E-state index in [1.807, 2.05) is 17.0 Å².